The van der Waals surface area contributed by atoms with Crippen LogP contribution in [0.15, 0.2) is 0 Å². The fourth-order valence-corrected chi connectivity index (χ4v) is 1.88. The fraction of sp³-hybridized carbons (Fsp3) is 0.818. The monoisotopic (exact) mass is 283 g/mol. The van der Waals surface area contributed by atoms with E-state index in [0.29, 0.717) is 0 Å². The van der Waals surface area contributed by atoms with Gasteiger partial charge in [0, 0.05) is 6.42 Å². The van der Waals surface area contributed by atoms with Crippen LogP contribution in [-0.4, -0.2) is 46.8 Å². The lowest BCUT2D eigenvalue weighted by Crippen LogP contribution is -2.44. The normalized spacial score (nSPS) is 23.0. The van der Waals surface area contributed by atoms with Crippen LogP contribution in [0.4, 0.5) is 13.6 Å². The molecule has 0 aromatic heterocycles. The zero-order chi connectivity index (χ0) is 14.1. The Labute approximate surface area is 109 Å². The maximum atomic E-state index is 13.3. The molecule has 0 radical (unpaired) electrons. The van der Waals surface area contributed by atoms with E-state index in [2.05, 4.69) is 0 Å². The summed E-state index contributed by atoms with van der Waals surface area (Å²) in [6.45, 7) is 4.06. The van der Waals surface area contributed by atoms with Gasteiger partial charge < -0.3 is 4.74 Å². The molecule has 4 nitrogen and oxygen atoms in total. The van der Waals surface area contributed by atoms with E-state index in [1.54, 1.807) is 20.8 Å². The molecule has 1 unspecified atom stereocenters. The molecule has 0 aliphatic carbocycles. The van der Waals surface area contributed by atoms with Gasteiger partial charge in [-0.05, 0) is 20.8 Å². The zero-order valence-corrected chi connectivity index (χ0v) is 11.3. The van der Waals surface area contributed by atoms with Crippen molar-refractivity contribution in [1.29, 1.82) is 0 Å². The highest BCUT2D eigenvalue weighted by Crippen LogP contribution is 2.33. The van der Waals surface area contributed by atoms with E-state index < -0.39 is 48.3 Å². The van der Waals surface area contributed by atoms with Crippen molar-refractivity contribution in [2.75, 3.05) is 12.4 Å². The molecule has 1 amide bonds. The summed E-state index contributed by atoms with van der Waals surface area (Å²) in [4.78, 5) is 24.0. The third-order valence-corrected chi connectivity index (χ3v) is 2.66. The molecule has 1 aliphatic rings. The number of amides is 1. The summed E-state index contributed by atoms with van der Waals surface area (Å²) in [5.74, 6) is -4.08. The summed E-state index contributed by atoms with van der Waals surface area (Å²) in [7, 11) is 0. The summed E-state index contributed by atoms with van der Waals surface area (Å²) in [6, 6.07) is -1.20. The zero-order valence-electron chi connectivity index (χ0n) is 10.5. The number of rotatable bonds is 2. The van der Waals surface area contributed by atoms with Gasteiger partial charge in [-0.2, -0.15) is 0 Å². The first kappa shape index (κ1) is 15.1. The smallest absolute Gasteiger partial charge is 0.411 e. The van der Waals surface area contributed by atoms with E-state index in [4.69, 9.17) is 16.3 Å². The highest BCUT2D eigenvalue weighted by molar-refractivity contribution is 6.28. The van der Waals surface area contributed by atoms with Crippen molar-refractivity contribution in [2.24, 2.45) is 0 Å². The molecule has 0 saturated carbocycles. The minimum absolute atomic E-state index is 0.403. The Morgan fingerprint density at radius 2 is 2.00 bits per heavy atom. The van der Waals surface area contributed by atoms with Gasteiger partial charge in [-0.3, -0.25) is 9.69 Å². The average molecular weight is 284 g/mol. The molecule has 1 saturated heterocycles. The van der Waals surface area contributed by atoms with Gasteiger partial charge in [0.25, 0.3) is 5.92 Å². The van der Waals surface area contributed by atoms with Gasteiger partial charge in [-0.1, -0.05) is 0 Å². The highest BCUT2D eigenvalue weighted by Gasteiger charge is 2.50. The second kappa shape index (κ2) is 4.99. The molecule has 0 bridgehead atoms. The van der Waals surface area contributed by atoms with Crippen LogP contribution in [0.3, 0.4) is 0 Å². The molecule has 1 rings (SSSR count). The largest absolute Gasteiger partial charge is 0.444 e. The fourth-order valence-electron chi connectivity index (χ4n) is 1.71. The number of carbonyl (C=O) groups excluding carboxylic acids is 2. The lowest BCUT2D eigenvalue weighted by molar-refractivity contribution is -0.121. The molecule has 0 aromatic carbocycles. The van der Waals surface area contributed by atoms with Gasteiger partial charge in [0.1, 0.15) is 11.6 Å². The number of hydrogen-bond acceptors (Lipinski definition) is 3. The Kier molecular flexibility index (Phi) is 4.20. The van der Waals surface area contributed by atoms with Gasteiger partial charge in [0.2, 0.25) is 0 Å². The SMILES string of the molecule is CC(C)(C)OC(=O)N1CC(F)(F)CC1C(=O)CCl. The Bertz CT molecular complexity index is 355. The van der Waals surface area contributed by atoms with Gasteiger partial charge in [0.05, 0.1) is 12.4 Å². The number of ether oxygens (including phenoxy) is 1. The molecule has 0 spiro atoms. The van der Waals surface area contributed by atoms with Gasteiger partial charge in [0.15, 0.2) is 5.78 Å². The molecular formula is C11H16ClF2NO3. The van der Waals surface area contributed by atoms with Gasteiger partial charge in [-0.15, -0.1) is 11.6 Å². The molecule has 1 aliphatic heterocycles. The van der Waals surface area contributed by atoms with E-state index in [1.807, 2.05) is 0 Å². The third-order valence-electron chi connectivity index (χ3n) is 2.40. The minimum Gasteiger partial charge on any atom is -0.444 e. The summed E-state index contributed by atoms with van der Waals surface area (Å²) in [5, 5.41) is 0. The Balaban J connectivity index is 2.84. The molecular weight excluding hydrogens is 268 g/mol. The lowest BCUT2D eigenvalue weighted by atomic mass is 10.1. The number of hydrogen-bond donors (Lipinski definition) is 0. The molecule has 0 aromatic rings. The van der Waals surface area contributed by atoms with E-state index in [9.17, 15) is 18.4 Å². The van der Waals surface area contributed by atoms with Crippen LogP contribution in [-0.2, 0) is 9.53 Å². The van der Waals surface area contributed by atoms with Crippen molar-refractivity contribution in [1.82, 2.24) is 4.90 Å². The van der Waals surface area contributed by atoms with Crippen LogP contribution < -0.4 is 0 Å². The molecule has 7 heteroatoms. The lowest BCUT2D eigenvalue weighted by Gasteiger charge is -2.27. The maximum absolute atomic E-state index is 13.3. The molecule has 0 N–H and O–H groups in total. The molecule has 1 atom stereocenters. The summed E-state index contributed by atoms with van der Waals surface area (Å²) in [6.07, 6.45) is -1.61. The number of ketones is 1. The first-order chi connectivity index (χ1) is 8.06. The molecule has 18 heavy (non-hydrogen) atoms. The van der Waals surface area contributed by atoms with Crippen molar-refractivity contribution in [2.45, 2.75) is 44.8 Å². The van der Waals surface area contributed by atoms with Crippen molar-refractivity contribution >= 4 is 23.5 Å². The van der Waals surface area contributed by atoms with E-state index in [-0.39, 0.29) is 0 Å². The summed E-state index contributed by atoms with van der Waals surface area (Å²) < 4.78 is 31.6. The van der Waals surface area contributed by atoms with Crippen molar-refractivity contribution < 1.29 is 23.1 Å². The van der Waals surface area contributed by atoms with E-state index >= 15 is 0 Å². The van der Waals surface area contributed by atoms with Crippen LogP contribution in [0.25, 0.3) is 0 Å². The minimum atomic E-state index is -3.08. The first-order valence-corrected chi connectivity index (χ1v) is 6.05. The number of Topliss-reactive ketones (excluding diaryl/α,β-unsaturated/α-hetero) is 1. The van der Waals surface area contributed by atoms with Crippen LogP contribution in [0.5, 0.6) is 0 Å². The summed E-state index contributed by atoms with van der Waals surface area (Å²) >= 11 is 5.36. The Morgan fingerprint density at radius 1 is 1.44 bits per heavy atom. The van der Waals surface area contributed by atoms with Crippen LogP contribution in [0.1, 0.15) is 27.2 Å². The molecule has 1 fully saturated rings. The van der Waals surface area contributed by atoms with Crippen molar-refractivity contribution in [3.63, 3.8) is 0 Å². The van der Waals surface area contributed by atoms with Crippen molar-refractivity contribution in [3.8, 4) is 0 Å². The number of likely N-dealkylation sites (tertiary alicyclic amines) is 1. The first-order valence-electron chi connectivity index (χ1n) is 5.52. The number of carbonyl (C=O) groups is 2. The topological polar surface area (TPSA) is 46.6 Å². The third kappa shape index (κ3) is 3.80. The predicted molar refractivity (Wildman–Crippen MR) is 62.0 cm³/mol. The van der Waals surface area contributed by atoms with E-state index in [0.717, 1.165) is 4.90 Å². The standard InChI is InChI=1S/C11H16ClF2NO3/c1-10(2,3)18-9(17)15-6-11(13,14)4-7(15)8(16)5-12/h7H,4-6H2,1-3H3. The second-order valence-corrected chi connectivity index (χ2v) is 5.55. The van der Waals surface area contributed by atoms with Crippen molar-refractivity contribution in [3.05, 3.63) is 0 Å². The van der Waals surface area contributed by atoms with Crippen LogP contribution >= 0.6 is 11.6 Å². The van der Waals surface area contributed by atoms with E-state index in [1.165, 1.54) is 0 Å². The predicted octanol–water partition coefficient (Wildman–Crippen LogP) is 2.44. The molecule has 104 valence electrons. The average Bonchev–Trinajstić information content (AvgIpc) is 2.51. The Morgan fingerprint density at radius 3 is 2.44 bits per heavy atom. The Hall–Kier alpha value is -0.910. The highest BCUT2D eigenvalue weighted by atomic mass is 35.5. The van der Waals surface area contributed by atoms with Crippen LogP contribution in [0, 0.1) is 0 Å². The number of alkyl halides is 3. The summed E-state index contributed by atoms with van der Waals surface area (Å²) in [5.41, 5.74) is -0.802. The maximum Gasteiger partial charge on any atom is 0.411 e. The van der Waals surface area contributed by atoms with Crippen LogP contribution in [0.2, 0.25) is 0 Å². The number of halogens is 3. The van der Waals surface area contributed by atoms with Gasteiger partial charge in [-0.25, -0.2) is 13.6 Å². The quantitative estimate of drug-likeness (QED) is 0.731. The van der Waals surface area contributed by atoms with Gasteiger partial charge >= 0.3 is 6.09 Å². The number of nitrogens with zero attached hydrogens (tertiary/aromatic N) is 1. The second-order valence-electron chi connectivity index (χ2n) is 5.28. The molecule has 1 heterocycles.